The van der Waals surface area contributed by atoms with Crippen LogP contribution in [-0.2, 0) is 0 Å². The monoisotopic (exact) mass is 280 g/mol. The molecule has 0 aliphatic heterocycles. The van der Waals surface area contributed by atoms with E-state index in [2.05, 4.69) is 5.32 Å². The topological polar surface area (TPSA) is 90.2 Å². The summed E-state index contributed by atoms with van der Waals surface area (Å²) in [7, 11) is 0. The van der Waals surface area contributed by atoms with Crippen molar-refractivity contribution < 1.29 is 14.7 Å². The summed E-state index contributed by atoms with van der Waals surface area (Å²) in [6.07, 6.45) is 0. The number of hydrogen-bond acceptors (Lipinski definition) is 3. The molecule has 0 heterocycles. The van der Waals surface area contributed by atoms with E-state index >= 15 is 0 Å². The van der Waals surface area contributed by atoms with Gasteiger partial charge in [0.15, 0.2) is 0 Å². The SMILES string of the molecule is Cc1ccc(NC(=O)c2ccccc2C(=O)O)c(C#N)c1. The largest absolute Gasteiger partial charge is 0.478 e. The maximum atomic E-state index is 12.2. The van der Waals surface area contributed by atoms with Crippen LogP contribution in [0.3, 0.4) is 0 Å². The average molecular weight is 280 g/mol. The molecule has 0 saturated carbocycles. The van der Waals surface area contributed by atoms with Gasteiger partial charge in [-0.1, -0.05) is 18.2 Å². The summed E-state index contributed by atoms with van der Waals surface area (Å²) in [6, 6.07) is 13.0. The van der Waals surface area contributed by atoms with Gasteiger partial charge in [0.2, 0.25) is 0 Å². The Morgan fingerprint density at radius 1 is 1.14 bits per heavy atom. The number of carbonyl (C=O) groups is 2. The molecule has 5 nitrogen and oxygen atoms in total. The fourth-order valence-electron chi connectivity index (χ4n) is 1.92. The average Bonchev–Trinajstić information content (AvgIpc) is 2.48. The fraction of sp³-hybridized carbons (Fsp3) is 0.0625. The third kappa shape index (κ3) is 3.07. The van der Waals surface area contributed by atoms with Gasteiger partial charge in [-0.15, -0.1) is 0 Å². The molecule has 0 aliphatic rings. The number of rotatable bonds is 3. The van der Waals surface area contributed by atoms with Gasteiger partial charge in [0.25, 0.3) is 5.91 Å². The molecule has 0 fully saturated rings. The highest BCUT2D eigenvalue weighted by Crippen LogP contribution is 2.18. The first-order chi connectivity index (χ1) is 10.0. The first-order valence-corrected chi connectivity index (χ1v) is 6.17. The summed E-state index contributed by atoms with van der Waals surface area (Å²) in [6.45, 7) is 1.84. The van der Waals surface area contributed by atoms with E-state index in [1.165, 1.54) is 12.1 Å². The van der Waals surface area contributed by atoms with Crippen LogP contribution in [0.15, 0.2) is 42.5 Å². The van der Waals surface area contributed by atoms with E-state index in [0.29, 0.717) is 11.3 Å². The van der Waals surface area contributed by atoms with Gasteiger partial charge in [0.1, 0.15) is 6.07 Å². The molecule has 1 amide bonds. The van der Waals surface area contributed by atoms with Crippen LogP contribution < -0.4 is 5.32 Å². The molecule has 5 heteroatoms. The summed E-state index contributed by atoms with van der Waals surface area (Å²) in [4.78, 5) is 23.3. The molecule has 0 spiro atoms. The molecule has 0 aromatic heterocycles. The minimum absolute atomic E-state index is 0.0504. The molecule has 2 rings (SSSR count). The van der Waals surface area contributed by atoms with E-state index in [-0.39, 0.29) is 11.1 Å². The Hall–Kier alpha value is -3.13. The number of nitrogens with zero attached hydrogens (tertiary/aromatic N) is 1. The van der Waals surface area contributed by atoms with Gasteiger partial charge in [-0.3, -0.25) is 4.79 Å². The number of carboxylic acid groups (broad SMARTS) is 1. The van der Waals surface area contributed by atoms with E-state index < -0.39 is 11.9 Å². The first kappa shape index (κ1) is 14.3. The Kier molecular flexibility index (Phi) is 4.00. The summed E-state index contributed by atoms with van der Waals surface area (Å²) in [5, 5.41) is 20.7. The molecule has 0 unspecified atom stereocenters. The number of carbonyl (C=O) groups excluding carboxylic acids is 1. The van der Waals surface area contributed by atoms with Crippen molar-refractivity contribution >= 4 is 17.6 Å². The number of aromatic carboxylic acids is 1. The van der Waals surface area contributed by atoms with Crippen LogP contribution in [0.25, 0.3) is 0 Å². The molecule has 2 aromatic rings. The number of aryl methyl sites for hydroxylation is 1. The third-order valence-corrected chi connectivity index (χ3v) is 2.95. The summed E-state index contributed by atoms with van der Waals surface area (Å²) in [5.41, 5.74) is 1.55. The van der Waals surface area contributed by atoms with Gasteiger partial charge in [0.05, 0.1) is 22.4 Å². The number of nitriles is 1. The van der Waals surface area contributed by atoms with E-state index in [9.17, 15) is 9.59 Å². The summed E-state index contributed by atoms with van der Waals surface area (Å²) >= 11 is 0. The zero-order valence-electron chi connectivity index (χ0n) is 11.3. The second-order valence-electron chi connectivity index (χ2n) is 4.47. The highest BCUT2D eigenvalue weighted by Gasteiger charge is 2.16. The lowest BCUT2D eigenvalue weighted by Crippen LogP contribution is -2.17. The van der Waals surface area contributed by atoms with Crippen molar-refractivity contribution in [1.29, 1.82) is 5.26 Å². The van der Waals surface area contributed by atoms with Crippen LogP contribution in [0, 0.1) is 18.3 Å². The van der Waals surface area contributed by atoms with Gasteiger partial charge in [-0.05, 0) is 36.8 Å². The second kappa shape index (κ2) is 5.88. The maximum Gasteiger partial charge on any atom is 0.336 e. The molecule has 2 aromatic carbocycles. The lowest BCUT2D eigenvalue weighted by Gasteiger charge is -2.09. The van der Waals surface area contributed by atoms with Crippen molar-refractivity contribution in [2.75, 3.05) is 5.32 Å². The number of hydrogen-bond donors (Lipinski definition) is 2. The van der Waals surface area contributed by atoms with Gasteiger partial charge in [0, 0.05) is 0 Å². The Morgan fingerprint density at radius 2 is 1.81 bits per heavy atom. The number of benzene rings is 2. The van der Waals surface area contributed by atoms with Gasteiger partial charge < -0.3 is 10.4 Å². The zero-order chi connectivity index (χ0) is 15.4. The van der Waals surface area contributed by atoms with Crippen LogP contribution in [0.1, 0.15) is 31.8 Å². The maximum absolute atomic E-state index is 12.2. The van der Waals surface area contributed by atoms with Gasteiger partial charge in [-0.2, -0.15) is 5.26 Å². The normalized spacial score (nSPS) is 9.71. The lowest BCUT2D eigenvalue weighted by atomic mass is 10.1. The Labute approximate surface area is 121 Å². The molecule has 0 radical (unpaired) electrons. The molecular formula is C16H12N2O3. The zero-order valence-corrected chi connectivity index (χ0v) is 11.3. The van der Waals surface area contributed by atoms with E-state index in [0.717, 1.165) is 5.56 Å². The van der Waals surface area contributed by atoms with E-state index in [4.69, 9.17) is 10.4 Å². The van der Waals surface area contributed by atoms with Crippen molar-refractivity contribution in [3.8, 4) is 6.07 Å². The molecule has 104 valence electrons. The third-order valence-electron chi connectivity index (χ3n) is 2.95. The summed E-state index contributed by atoms with van der Waals surface area (Å²) in [5.74, 6) is -1.74. The van der Waals surface area contributed by atoms with Crippen molar-refractivity contribution in [3.05, 3.63) is 64.7 Å². The summed E-state index contributed by atoms with van der Waals surface area (Å²) < 4.78 is 0. The van der Waals surface area contributed by atoms with Gasteiger partial charge in [-0.25, -0.2) is 4.79 Å². The predicted octanol–water partition coefficient (Wildman–Crippen LogP) is 2.82. The molecule has 0 atom stereocenters. The van der Waals surface area contributed by atoms with Crippen molar-refractivity contribution in [3.63, 3.8) is 0 Å². The molecular weight excluding hydrogens is 268 g/mol. The van der Waals surface area contributed by atoms with Crippen LogP contribution in [0.5, 0.6) is 0 Å². The van der Waals surface area contributed by atoms with Crippen molar-refractivity contribution in [1.82, 2.24) is 0 Å². The van der Waals surface area contributed by atoms with Crippen LogP contribution in [0.4, 0.5) is 5.69 Å². The molecule has 21 heavy (non-hydrogen) atoms. The smallest absolute Gasteiger partial charge is 0.336 e. The Morgan fingerprint density at radius 3 is 2.43 bits per heavy atom. The van der Waals surface area contributed by atoms with E-state index in [1.54, 1.807) is 30.3 Å². The molecule has 0 bridgehead atoms. The minimum atomic E-state index is -1.18. The predicted molar refractivity (Wildman–Crippen MR) is 77.2 cm³/mol. The van der Waals surface area contributed by atoms with Crippen molar-refractivity contribution in [2.24, 2.45) is 0 Å². The Balaban J connectivity index is 2.36. The number of amides is 1. The van der Waals surface area contributed by atoms with Gasteiger partial charge >= 0.3 is 5.97 Å². The number of anilines is 1. The second-order valence-corrected chi connectivity index (χ2v) is 4.47. The minimum Gasteiger partial charge on any atom is -0.478 e. The van der Waals surface area contributed by atoms with Crippen LogP contribution in [-0.4, -0.2) is 17.0 Å². The van der Waals surface area contributed by atoms with E-state index in [1.807, 2.05) is 13.0 Å². The molecule has 2 N–H and O–H groups in total. The highest BCUT2D eigenvalue weighted by molar-refractivity contribution is 6.11. The van der Waals surface area contributed by atoms with Crippen LogP contribution >= 0.6 is 0 Å². The standard InChI is InChI=1S/C16H12N2O3/c1-10-6-7-14(11(8-10)9-17)18-15(19)12-4-2-3-5-13(12)16(20)21/h2-8H,1H3,(H,18,19)(H,20,21). The first-order valence-electron chi connectivity index (χ1n) is 6.17. The highest BCUT2D eigenvalue weighted by atomic mass is 16.4. The quantitative estimate of drug-likeness (QED) is 0.904. The Bertz CT molecular complexity index is 760. The number of nitrogens with one attached hydrogen (secondary N) is 1. The van der Waals surface area contributed by atoms with Crippen LogP contribution in [0.2, 0.25) is 0 Å². The fourth-order valence-corrected chi connectivity index (χ4v) is 1.92. The number of carboxylic acids is 1. The lowest BCUT2D eigenvalue weighted by molar-refractivity contribution is 0.0692. The molecule has 0 saturated heterocycles. The molecule has 0 aliphatic carbocycles. The van der Waals surface area contributed by atoms with Crippen molar-refractivity contribution in [2.45, 2.75) is 6.92 Å².